The molecule has 1 aromatic carbocycles. The van der Waals surface area contributed by atoms with Crippen molar-refractivity contribution in [1.82, 2.24) is 0 Å². The molecule has 0 radical (unpaired) electrons. The van der Waals surface area contributed by atoms with Crippen LogP contribution in [0.1, 0.15) is 29.8 Å². The van der Waals surface area contributed by atoms with E-state index in [0.29, 0.717) is 5.56 Å². The molecule has 5 heteroatoms. The lowest BCUT2D eigenvalue weighted by Crippen LogP contribution is -2.04. The topological polar surface area (TPSA) is 71.4 Å². The summed E-state index contributed by atoms with van der Waals surface area (Å²) in [5, 5.41) is 8.76. The summed E-state index contributed by atoms with van der Waals surface area (Å²) >= 11 is 0. The van der Waals surface area contributed by atoms with Gasteiger partial charge in [-0.25, -0.2) is 13.2 Å². The molecule has 16 heavy (non-hydrogen) atoms. The third kappa shape index (κ3) is 3.66. The lowest BCUT2D eigenvalue weighted by molar-refractivity contribution is 0.0696. The predicted octanol–water partition coefficient (Wildman–Crippen LogP) is 2.12. The fourth-order valence-electron chi connectivity index (χ4n) is 1.06. The highest BCUT2D eigenvalue weighted by Crippen LogP contribution is 2.15. The summed E-state index contributed by atoms with van der Waals surface area (Å²) in [6.07, 6.45) is 1.04. The number of hydrogen-bond acceptors (Lipinski definition) is 3. The van der Waals surface area contributed by atoms with E-state index in [9.17, 15) is 13.2 Å². The quantitative estimate of drug-likeness (QED) is 0.865. The van der Waals surface area contributed by atoms with Crippen molar-refractivity contribution in [1.29, 1.82) is 0 Å². The number of aryl methyl sites for hydroxylation is 1. The molecule has 0 unspecified atom stereocenters. The van der Waals surface area contributed by atoms with Crippen molar-refractivity contribution >= 4 is 15.8 Å². The molecule has 0 atom stereocenters. The summed E-state index contributed by atoms with van der Waals surface area (Å²) in [7, 11) is -3.34. The SMILES string of the molecule is CC.Cc1ccc(S(C)(=O)=O)cc1C(=O)O. The number of hydrogen-bond donors (Lipinski definition) is 1. The van der Waals surface area contributed by atoms with Crippen molar-refractivity contribution in [2.24, 2.45) is 0 Å². The normalized spacial score (nSPS) is 10.2. The van der Waals surface area contributed by atoms with E-state index in [1.54, 1.807) is 6.92 Å². The van der Waals surface area contributed by atoms with Crippen LogP contribution in [0.25, 0.3) is 0 Å². The van der Waals surface area contributed by atoms with Gasteiger partial charge >= 0.3 is 5.97 Å². The second kappa shape index (κ2) is 5.65. The molecule has 0 heterocycles. The maximum atomic E-state index is 11.1. The Morgan fingerprint density at radius 2 is 1.75 bits per heavy atom. The molecule has 0 bridgehead atoms. The smallest absolute Gasteiger partial charge is 0.335 e. The highest BCUT2D eigenvalue weighted by molar-refractivity contribution is 7.90. The zero-order chi connectivity index (χ0) is 12.9. The van der Waals surface area contributed by atoms with Gasteiger partial charge in [0.1, 0.15) is 0 Å². The number of carboxylic acids is 1. The first-order valence-electron chi connectivity index (χ1n) is 4.86. The molecule has 0 saturated carbocycles. The van der Waals surface area contributed by atoms with Crippen LogP contribution < -0.4 is 0 Å². The Morgan fingerprint density at radius 1 is 1.25 bits per heavy atom. The van der Waals surface area contributed by atoms with Gasteiger partial charge in [-0.1, -0.05) is 19.9 Å². The standard InChI is InChI=1S/C9H10O4S.C2H6/c1-6-3-4-7(14(2,12)13)5-8(6)9(10)11;1-2/h3-5H,1-2H3,(H,10,11);1-2H3. The van der Waals surface area contributed by atoms with E-state index in [4.69, 9.17) is 5.11 Å². The average Bonchev–Trinajstić information content (AvgIpc) is 2.19. The van der Waals surface area contributed by atoms with Crippen LogP contribution in [0.2, 0.25) is 0 Å². The van der Waals surface area contributed by atoms with Crippen LogP contribution in [-0.4, -0.2) is 25.7 Å². The number of carboxylic acid groups (broad SMARTS) is 1. The van der Waals surface area contributed by atoms with Gasteiger partial charge in [-0.15, -0.1) is 0 Å². The van der Waals surface area contributed by atoms with Gasteiger partial charge in [-0.05, 0) is 24.6 Å². The van der Waals surface area contributed by atoms with Gasteiger partial charge in [0.05, 0.1) is 10.5 Å². The van der Waals surface area contributed by atoms with Crippen LogP contribution in [-0.2, 0) is 9.84 Å². The van der Waals surface area contributed by atoms with Crippen molar-refractivity contribution in [3.05, 3.63) is 29.3 Å². The predicted molar refractivity (Wildman–Crippen MR) is 62.6 cm³/mol. The van der Waals surface area contributed by atoms with Crippen LogP contribution in [0.15, 0.2) is 23.1 Å². The minimum absolute atomic E-state index is 0.0212. The maximum Gasteiger partial charge on any atom is 0.335 e. The van der Waals surface area contributed by atoms with Crippen LogP contribution in [0.3, 0.4) is 0 Å². The number of sulfone groups is 1. The molecule has 0 aliphatic heterocycles. The Balaban J connectivity index is 0.00000106. The van der Waals surface area contributed by atoms with E-state index >= 15 is 0 Å². The summed E-state index contributed by atoms with van der Waals surface area (Å²) in [6.45, 7) is 5.62. The van der Waals surface area contributed by atoms with Crippen LogP contribution in [0, 0.1) is 6.92 Å². The van der Waals surface area contributed by atoms with Crippen LogP contribution in [0.5, 0.6) is 0 Å². The largest absolute Gasteiger partial charge is 0.478 e. The number of benzene rings is 1. The number of rotatable bonds is 2. The number of carbonyl (C=O) groups is 1. The summed E-state index contributed by atoms with van der Waals surface area (Å²) in [5.74, 6) is -1.12. The van der Waals surface area contributed by atoms with Crippen molar-refractivity contribution in [3.63, 3.8) is 0 Å². The maximum absolute atomic E-state index is 11.1. The molecule has 90 valence electrons. The first-order valence-corrected chi connectivity index (χ1v) is 6.75. The van der Waals surface area contributed by atoms with Gasteiger partial charge in [0.2, 0.25) is 0 Å². The molecule has 1 aromatic rings. The fourth-order valence-corrected chi connectivity index (χ4v) is 1.71. The Morgan fingerprint density at radius 3 is 2.12 bits per heavy atom. The third-order valence-corrected chi connectivity index (χ3v) is 2.98. The number of aromatic carboxylic acids is 1. The zero-order valence-electron chi connectivity index (χ0n) is 9.81. The Labute approximate surface area is 95.8 Å². The minimum atomic E-state index is -3.34. The van der Waals surface area contributed by atoms with E-state index < -0.39 is 15.8 Å². The molecule has 1 rings (SSSR count). The highest BCUT2D eigenvalue weighted by Gasteiger charge is 2.12. The van der Waals surface area contributed by atoms with Gasteiger partial charge in [-0.2, -0.15) is 0 Å². The van der Waals surface area contributed by atoms with Crippen molar-refractivity contribution in [2.75, 3.05) is 6.26 Å². The second-order valence-electron chi connectivity index (χ2n) is 3.05. The van der Waals surface area contributed by atoms with E-state index in [1.807, 2.05) is 13.8 Å². The monoisotopic (exact) mass is 244 g/mol. The molecule has 0 spiro atoms. The van der Waals surface area contributed by atoms with Gasteiger partial charge in [0, 0.05) is 6.26 Å². The van der Waals surface area contributed by atoms with Gasteiger partial charge in [0.15, 0.2) is 9.84 Å². The minimum Gasteiger partial charge on any atom is -0.478 e. The molecule has 0 fully saturated rings. The van der Waals surface area contributed by atoms with Gasteiger partial charge < -0.3 is 5.11 Å². The van der Waals surface area contributed by atoms with Crippen molar-refractivity contribution in [2.45, 2.75) is 25.7 Å². The third-order valence-electron chi connectivity index (χ3n) is 1.87. The van der Waals surface area contributed by atoms with E-state index in [-0.39, 0.29) is 10.5 Å². The molecule has 0 aliphatic carbocycles. The molecular formula is C11H16O4S. The summed E-state index contributed by atoms with van der Waals surface area (Å²) in [4.78, 5) is 10.7. The molecule has 0 amide bonds. The molecule has 4 nitrogen and oxygen atoms in total. The first-order chi connectivity index (χ1) is 7.32. The Bertz CT molecular complexity index is 475. The molecule has 0 aromatic heterocycles. The Kier molecular flexibility index (Phi) is 5.17. The van der Waals surface area contributed by atoms with E-state index in [1.165, 1.54) is 18.2 Å². The van der Waals surface area contributed by atoms with Gasteiger partial charge in [0.25, 0.3) is 0 Å². The molecule has 0 saturated heterocycles. The lowest BCUT2D eigenvalue weighted by Gasteiger charge is -2.03. The first kappa shape index (κ1) is 14.6. The molecule has 1 N–H and O–H groups in total. The average molecular weight is 244 g/mol. The van der Waals surface area contributed by atoms with Crippen LogP contribution in [0.4, 0.5) is 0 Å². The Hall–Kier alpha value is -1.36. The summed E-state index contributed by atoms with van der Waals surface area (Å²) in [5.41, 5.74) is 0.567. The molecule has 0 aliphatic rings. The fraction of sp³-hybridized carbons (Fsp3) is 0.364. The lowest BCUT2D eigenvalue weighted by atomic mass is 10.1. The van der Waals surface area contributed by atoms with E-state index in [0.717, 1.165) is 6.26 Å². The zero-order valence-corrected chi connectivity index (χ0v) is 10.6. The van der Waals surface area contributed by atoms with Gasteiger partial charge in [-0.3, -0.25) is 0 Å². The summed E-state index contributed by atoms with van der Waals surface area (Å²) < 4.78 is 22.3. The molecular weight excluding hydrogens is 228 g/mol. The summed E-state index contributed by atoms with van der Waals surface area (Å²) in [6, 6.07) is 4.06. The highest BCUT2D eigenvalue weighted by atomic mass is 32.2. The van der Waals surface area contributed by atoms with E-state index in [2.05, 4.69) is 0 Å². The van der Waals surface area contributed by atoms with Crippen LogP contribution >= 0.6 is 0 Å². The van der Waals surface area contributed by atoms with Crippen molar-refractivity contribution < 1.29 is 18.3 Å². The second-order valence-corrected chi connectivity index (χ2v) is 5.07. The van der Waals surface area contributed by atoms with Crippen molar-refractivity contribution in [3.8, 4) is 0 Å².